The minimum absolute atomic E-state index is 0.0471. The van der Waals surface area contributed by atoms with Crippen LogP contribution >= 0.6 is 0 Å². The summed E-state index contributed by atoms with van der Waals surface area (Å²) in [5.74, 6) is 1.86. The molecule has 1 aromatic rings. The minimum Gasteiger partial charge on any atom is -0.496 e. The highest BCUT2D eigenvalue weighted by atomic mass is 16.5. The second-order valence-electron chi connectivity index (χ2n) is 8.97. The molecule has 1 amide bonds. The number of ether oxygens (including phenoxy) is 1. The van der Waals surface area contributed by atoms with Crippen LogP contribution in [0.3, 0.4) is 0 Å². The Morgan fingerprint density at radius 1 is 1.28 bits per heavy atom. The number of carbonyl (C=O) groups excluding carboxylic acids is 1. The van der Waals surface area contributed by atoms with Crippen molar-refractivity contribution in [3.8, 4) is 5.75 Å². The van der Waals surface area contributed by atoms with E-state index in [4.69, 9.17) is 4.74 Å². The number of hydrogen-bond acceptors (Lipinski definition) is 3. The van der Waals surface area contributed by atoms with E-state index in [2.05, 4.69) is 25.1 Å². The Bertz CT molecular complexity index is 682. The summed E-state index contributed by atoms with van der Waals surface area (Å²) in [6.45, 7) is 5.71. The standard InChI is InChI=1S/C21H29NO3/c1-14-4-5-15(8-18(14)25-3)16-6-7-21(11-16)12-22(13-21)19(23)17-9-20(2,24)10-17/h4-5,8,16-17,24H,6-7,9-13H2,1-3H3/t16-,17-,20+/m1/s1. The van der Waals surface area contributed by atoms with Crippen LogP contribution in [0, 0.1) is 18.3 Å². The van der Waals surface area contributed by atoms with Gasteiger partial charge in [0, 0.05) is 24.4 Å². The number of hydrogen-bond donors (Lipinski definition) is 1. The van der Waals surface area contributed by atoms with Gasteiger partial charge in [0.25, 0.3) is 0 Å². The largest absolute Gasteiger partial charge is 0.496 e. The summed E-state index contributed by atoms with van der Waals surface area (Å²) in [5, 5.41) is 9.85. The second-order valence-corrected chi connectivity index (χ2v) is 8.97. The summed E-state index contributed by atoms with van der Waals surface area (Å²) in [4.78, 5) is 14.5. The Kier molecular flexibility index (Phi) is 3.87. The number of amides is 1. The molecule has 1 saturated heterocycles. The molecule has 0 bridgehead atoms. The Morgan fingerprint density at radius 2 is 2.00 bits per heavy atom. The van der Waals surface area contributed by atoms with Gasteiger partial charge in [0.1, 0.15) is 5.75 Å². The van der Waals surface area contributed by atoms with E-state index in [-0.39, 0.29) is 11.8 Å². The lowest BCUT2D eigenvalue weighted by atomic mass is 9.69. The third-order valence-corrected chi connectivity index (χ3v) is 6.69. The summed E-state index contributed by atoms with van der Waals surface area (Å²) in [5.41, 5.74) is 2.26. The molecule has 3 fully saturated rings. The fourth-order valence-electron chi connectivity index (χ4n) is 5.22. The maximum Gasteiger partial charge on any atom is 0.225 e. The molecule has 1 aliphatic heterocycles. The average Bonchev–Trinajstić information content (AvgIpc) is 2.96. The van der Waals surface area contributed by atoms with Gasteiger partial charge in [-0.1, -0.05) is 12.1 Å². The molecule has 4 rings (SSSR count). The first-order valence-corrected chi connectivity index (χ1v) is 9.47. The van der Waals surface area contributed by atoms with Gasteiger partial charge in [-0.15, -0.1) is 0 Å². The molecule has 4 heteroatoms. The second kappa shape index (κ2) is 5.73. The van der Waals surface area contributed by atoms with Gasteiger partial charge in [-0.2, -0.15) is 0 Å². The molecule has 0 unspecified atom stereocenters. The van der Waals surface area contributed by atoms with Crippen LogP contribution in [0.15, 0.2) is 18.2 Å². The monoisotopic (exact) mass is 343 g/mol. The predicted octanol–water partition coefficient (Wildman–Crippen LogP) is 3.26. The number of methoxy groups -OCH3 is 1. The topological polar surface area (TPSA) is 49.8 Å². The van der Waals surface area contributed by atoms with Gasteiger partial charge in [0.05, 0.1) is 12.7 Å². The zero-order chi connectivity index (χ0) is 17.8. The van der Waals surface area contributed by atoms with Gasteiger partial charge < -0.3 is 14.7 Å². The normalized spacial score (nSPS) is 33.0. The first-order valence-electron chi connectivity index (χ1n) is 9.47. The Morgan fingerprint density at radius 3 is 2.64 bits per heavy atom. The van der Waals surface area contributed by atoms with E-state index in [1.165, 1.54) is 30.4 Å². The van der Waals surface area contributed by atoms with Crippen molar-refractivity contribution in [3.63, 3.8) is 0 Å². The summed E-state index contributed by atoms with van der Waals surface area (Å²) >= 11 is 0. The summed E-state index contributed by atoms with van der Waals surface area (Å²) in [7, 11) is 1.73. The number of aliphatic hydroxyl groups is 1. The maximum atomic E-state index is 12.5. The van der Waals surface area contributed by atoms with Gasteiger partial charge >= 0.3 is 0 Å². The van der Waals surface area contributed by atoms with Crippen molar-refractivity contribution in [1.29, 1.82) is 0 Å². The first kappa shape index (κ1) is 16.9. The van der Waals surface area contributed by atoms with E-state index >= 15 is 0 Å². The highest BCUT2D eigenvalue weighted by molar-refractivity contribution is 5.81. The van der Waals surface area contributed by atoms with Crippen molar-refractivity contribution < 1.29 is 14.6 Å². The van der Waals surface area contributed by atoms with Gasteiger partial charge in [-0.3, -0.25) is 4.79 Å². The van der Waals surface area contributed by atoms with Crippen LogP contribution in [0.1, 0.15) is 56.1 Å². The molecule has 1 atom stereocenters. The third kappa shape index (κ3) is 2.95. The van der Waals surface area contributed by atoms with Crippen molar-refractivity contribution in [2.75, 3.05) is 20.2 Å². The molecule has 1 aromatic carbocycles. The molecule has 2 aliphatic carbocycles. The highest BCUT2D eigenvalue weighted by Crippen LogP contribution is 2.53. The molecule has 1 heterocycles. The van der Waals surface area contributed by atoms with E-state index < -0.39 is 5.60 Å². The van der Waals surface area contributed by atoms with Crippen LogP contribution in [-0.4, -0.2) is 41.7 Å². The fourth-order valence-corrected chi connectivity index (χ4v) is 5.22. The molecule has 2 saturated carbocycles. The maximum absolute atomic E-state index is 12.5. The lowest BCUT2D eigenvalue weighted by Gasteiger charge is -2.52. The van der Waals surface area contributed by atoms with Crippen LogP contribution < -0.4 is 4.74 Å². The molecule has 4 nitrogen and oxygen atoms in total. The Balaban J connectivity index is 1.35. The molecule has 0 radical (unpaired) electrons. The lowest BCUT2D eigenvalue weighted by molar-refractivity contribution is -0.161. The van der Waals surface area contributed by atoms with Crippen LogP contribution in [0.2, 0.25) is 0 Å². The van der Waals surface area contributed by atoms with E-state index in [0.717, 1.165) is 18.8 Å². The molecule has 1 N–H and O–H groups in total. The molecular formula is C21H29NO3. The third-order valence-electron chi connectivity index (χ3n) is 6.69. The smallest absolute Gasteiger partial charge is 0.225 e. The van der Waals surface area contributed by atoms with Crippen molar-refractivity contribution in [1.82, 2.24) is 4.90 Å². The molecule has 0 aromatic heterocycles. The average molecular weight is 343 g/mol. The van der Waals surface area contributed by atoms with Gasteiger partial charge in [-0.05, 0) is 69.1 Å². The summed E-state index contributed by atoms with van der Waals surface area (Å²) in [6, 6.07) is 6.58. The van der Waals surface area contributed by atoms with Crippen LogP contribution in [0.25, 0.3) is 0 Å². The van der Waals surface area contributed by atoms with Gasteiger partial charge in [0.2, 0.25) is 5.91 Å². The van der Waals surface area contributed by atoms with Crippen molar-refractivity contribution in [3.05, 3.63) is 29.3 Å². The summed E-state index contributed by atoms with van der Waals surface area (Å²) in [6.07, 6.45) is 4.83. The number of aryl methyl sites for hydroxylation is 1. The van der Waals surface area contributed by atoms with Crippen molar-refractivity contribution >= 4 is 5.91 Å². The van der Waals surface area contributed by atoms with Crippen LogP contribution in [-0.2, 0) is 4.79 Å². The Hall–Kier alpha value is -1.55. The first-order chi connectivity index (χ1) is 11.8. The van der Waals surface area contributed by atoms with Crippen molar-refractivity contribution in [2.24, 2.45) is 11.3 Å². The number of nitrogens with zero attached hydrogens (tertiary/aromatic N) is 1. The quantitative estimate of drug-likeness (QED) is 0.916. The fraction of sp³-hybridized carbons (Fsp3) is 0.667. The van der Waals surface area contributed by atoms with E-state index in [1.807, 2.05) is 11.8 Å². The zero-order valence-corrected chi connectivity index (χ0v) is 15.5. The SMILES string of the molecule is COc1cc([C@@H]2CCC3(C2)CN(C(=O)[C@H]2C[C@@](C)(O)C2)C3)ccc1C. The molecule has 3 aliphatic rings. The number of carbonyl (C=O) groups is 1. The van der Waals surface area contributed by atoms with E-state index in [1.54, 1.807) is 7.11 Å². The Labute approximate surface area is 150 Å². The minimum atomic E-state index is -0.619. The zero-order valence-electron chi connectivity index (χ0n) is 15.5. The number of rotatable bonds is 3. The van der Waals surface area contributed by atoms with Gasteiger partial charge in [0.15, 0.2) is 0 Å². The molecule has 1 spiro atoms. The molecule has 25 heavy (non-hydrogen) atoms. The van der Waals surface area contributed by atoms with E-state index in [0.29, 0.717) is 24.2 Å². The van der Waals surface area contributed by atoms with Gasteiger partial charge in [-0.25, -0.2) is 0 Å². The van der Waals surface area contributed by atoms with Crippen LogP contribution in [0.4, 0.5) is 0 Å². The van der Waals surface area contributed by atoms with E-state index in [9.17, 15) is 9.90 Å². The number of benzene rings is 1. The number of likely N-dealkylation sites (tertiary alicyclic amines) is 1. The van der Waals surface area contributed by atoms with Crippen molar-refractivity contribution in [2.45, 2.75) is 57.5 Å². The summed E-state index contributed by atoms with van der Waals surface area (Å²) < 4.78 is 5.47. The predicted molar refractivity (Wildman–Crippen MR) is 96.7 cm³/mol. The highest BCUT2D eigenvalue weighted by Gasteiger charge is 2.53. The molecular weight excluding hydrogens is 314 g/mol. The molecule has 136 valence electrons. The lowest BCUT2D eigenvalue weighted by Crippen LogP contribution is -2.61. The van der Waals surface area contributed by atoms with Crippen LogP contribution in [0.5, 0.6) is 5.75 Å².